The van der Waals surface area contributed by atoms with Gasteiger partial charge < -0.3 is 9.42 Å². The van der Waals surface area contributed by atoms with Crippen molar-refractivity contribution in [2.24, 2.45) is 0 Å². The van der Waals surface area contributed by atoms with E-state index in [9.17, 15) is 13.2 Å². The van der Waals surface area contributed by atoms with Gasteiger partial charge in [0.2, 0.25) is 10.0 Å². The molecule has 1 amide bonds. The molecular weight excluding hydrogens is 418 g/mol. The Labute approximate surface area is 181 Å². The maximum atomic E-state index is 13.1. The highest BCUT2D eigenvalue weighted by Gasteiger charge is 2.33. The van der Waals surface area contributed by atoms with E-state index in [0.29, 0.717) is 43.1 Å². The SMILES string of the molecule is Cc1ccc(-c2cc(C(=O)N3CCCN(S(=O)(=O)c4c(C)noc4C)CC3)[nH]n2)cc1. The van der Waals surface area contributed by atoms with Crippen molar-refractivity contribution < 1.29 is 17.7 Å². The summed E-state index contributed by atoms with van der Waals surface area (Å²) in [4.78, 5) is 14.8. The predicted octanol–water partition coefficient (Wildman–Crippen LogP) is 2.53. The third-order valence-electron chi connectivity index (χ3n) is 5.46. The van der Waals surface area contributed by atoms with Gasteiger partial charge in [-0.1, -0.05) is 35.0 Å². The van der Waals surface area contributed by atoms with Crippen LogP contribution in [0.4, 0.5) is 0 Å². The highest BCUT2D eigenvalue weighted by atomic mass is 32.2. The molecule has 1 aromatic carbocycles. The number of rotatable bonds is 4. The van der Waals surface area contributed by atoms with Crippen LogP contribution in [0, 0.1) is 20.8 Å². The number of nitrogens with zero attached hydrogens (tertiary/aromatic N) is 4. The number of H-pyrrole nitrogens is 1. The molecule has 0 radical (unpaired) electrons. The summed E-state index contributed by atoms with van der Waals surface area (Å²) in [5.41, 5.74) is 3.50. The summed E-state index contributed by atoms with van der Waals surface area (Å²) < 4.78 is 32.6. The first-order valence-electron chi connectivity index (χ1n) is 10.1. The maximum absolute atomic E-state index is 13.1. The van der Waals surface area contributed by atoms with Crippen molar-refractivity contribution in [3.63, 3.8) is 0 Å². The second-order valence-electron chi connectivity index (χ2n) is 7.74. The first kappa shape index (κ1) is 21.3. The van der Waals surface area contributed by atoms with Crippen LogP contribution in [0.25, 0.3) is 11.3 Å². The minimum absolute atomic E-state index is 0.114. The monoisotopic (exact) mass is 443 g/mol. The van der Waals surface area contributed by atoms with Gasteiger partial charge in [-0.2, -0.15) is 9.40 Å². The topological polar surface area (TPSA) is 112 Å². The number of carbonyl (C=O) groups is 1. The van der Waals surface area contributed by atoms with Crippen molar-refractivity contribution in [2.75, 3.05) is 26.2 Å². The molecule has 0 spiro atoms. The zero-order valence-electron chi connectivity index (χ0n) is 17.8. The largest absolute Gasteiger partial charge is 0.360 e. The van der Waals surface area contributed by atoms with Crippen LogP contribution < -0.4 is 0 Å². The minimum Gasteiger partial charge on any atom is -0.360 e. The number of amides is 1. The Bertz CT molecular complexity index is 1180. The fraction of sp³-hybridized carbons (Fsp3) is 0.381. The number of aromatic amines is 1. The summed E-state index contributed by atoms with van der Waals surface area (Å²) in [7, 11) is -3.73. The van der Waals surface area contributed by atoms with Gasteiger partial charge in [-0.25, -0.2) is 8.42 Å². The number of sulfonamides is 1. The van der Waals surface area contributed by atoms with Crippen LogP contribution in [0.2, 0.25) is 0 Å². The summed E-state index contributed by atoms with van der Waals surface area (Å²) in [6.45, 7) is 6.50. The van der Waals surface area contributed by atoms with Crippen LogP contribution in [-0.2, 0) is 10.0 Å². The van der Waals surface area contributed by atoms with Crippen LogP contribution in [0.1, 0.15) is 33.9 Å². The van der Waals surface area contributed by atoms with Crippen molar-refractivity contribution in [3.8, 4) is 11.3 Å². The molecule has 2 aromatic heterocycles. The van der Waals surface area contributed by atoms with E-state index in [1.807, 2.05) is 31.2 Å². The van der Waals surface area contributed by atoms with Crippen molar-refractivity contribution in [1.29, 1.82) is 0 Å². The van der Waals surface area contributed by atoms with E-state index in [1.54, 1.807) is 24.8 Å². The molecule has 1 saturated heterocycles. The van der Waals surface area contributed by atoms with E-state index in [2.05, 4.69) is 15.4 Å². The van der Waals surface area contributed by atoms with E-state index >= 15 is 0 Å². The molecule has 1 N–H and O–H groups in total. The number of nitrogens with one attached hydrogen (secondary N) is 1. The van der Waals surface area contributed by atoms with Crippen LogP contribution in [-0.4, -0.2) is 65.1 Å². The summed E-state index contributed by atoms with van der Waals surface area (Å²) in [6, 6.07) is 9.64. The number of aromatic nitrogens is 3. The summed E-state index contributed by atoms with van der Waals surface area (Å²) in [6.07, 6.45) is 0.535. The van der Waals surface area contributed by atoms with Crippen molar-refractivity contribution in [2.45, 2.75) is 32.1 Å². The van der Waals surface area contributed by atoms with Crippen LogP contribution >= 0.6 is 0 Å². The fourth-order valence-corrected chi connectivity index (χ4v) is 5.54. The van der Waals surface area contributed by atoms with Gasteiger partial charge in [-0.15, -0.1) is 0 Å². The predicted molar refractivity (Wildman–Crippen MR) is 114 cm³/mol. The van der Waals surface area contributed by atoms with Gasteiger partial charge in [0, 0.05) is 31.7 Å². The number of hydrogen-bond donors (Lipinski definition) is 1. The van der Waals surface area contributed by atoms with Crippen LogP contribution in [0.5, 0.6) is 0 Å². The molecule has 0 aliphatic carbocycles. The molecule has 4 rings (SSSR count). The lowest BCUT2D eigenvalue weighted by Gasteiger charge is -2.21. The van der Waals surface area contributed by atoms with Crippen LogP contribution in [0.15, 0.2) is 39.8 Å². The molecule has 31 heavy (non-hydrogen) atoms. The lowest BCUT2D eigenvalue weighted by Crippen LogP contribution is -2.37. The first-order chi connectivity index (χ1) is 14.8. The molecule has 10 heteroatoms. The highest BCUT2D eigenvalue weighted by Crippen LogP contribution is 2.25. The Morgan fingerprint density at radius 1 is 1.06 bits per heavy atom. The van der Waals surface area contributed by atoms with Crippen molar-refractivity contribution in [3.05, 3.63) is 53.0 Å². The Morgan fingerprint density at radius 2 is 1.81 bits per heavy atom. The molecule has 164 valence electrons. The third kappa shape index (κ3) is 4.13. The van der Waals surface area contributed by atoms with E-state index in [0.717, 1.165) is 11.1 Å². The molecular formula is C21H25N5O4S. The summed E-state index contributed by atoms with van der Waals surface area (Å²) in [5.74, 6) is 0.0817. The Hall–Kier alpha value is -2.98. The molecule has 3 heterocycles. The summed E-state index contributed by atoms with van der Waals surface area (Å²) in [5, 5.41) is 10.8. The smallest absolute Gasteiger partial charge is 0.271 e. The van der Waals surface area contributed by atoms with Gasteiger partial charge >= 0.3 is 0 Å². The molecule has 1 aliphatic heterocycles. The lowest BCUT2D eigenvalue weighted by molar-refractivity contribution is 0.0758. The van der Waals surface area contributed by atoms with E-state index in [1.165, 1.54) is 4.31 Å². The Balaban J connectivity index is 1.48. The average Bonchev–Trinajstić information content (AvgIpc) is 3.26. The van der Waals surface area contributed by atoms with Crippen molar-refractivity contribution in [1.82, 2.24) is 24.6 Å². The summed E-state index contributed by atoms with van der Waals surface area (Å²) >= 11 is 0. The highest BCUT2D eigenvalue weighted by molar-refractivity contribution is 7.89. The van der Waals surface area contributed by atoms with Crippen molar-refractivity contribution >= 4 is 15.9 Å². The maximum Gasteiger partial charge on any atom is 0.271 e. The first-order valence-corrected chi connectivity index (χ1v) is 11.6. The molecule has 1 aliphatic rings. The lowest BCUT2D eigenvalue weighted by atomic mass is 10.1. The van der Waals surface area contributed by atoms with E-state index < -0.39 is 10.0 Å². The molecule has 0 bridgehead atoms. The third-order valence-corrected chi connectivity index (χ3v) is 7.61. The number of benzene rings is 1. The average molecular weight is 444 g/mol. The van der Waals surface area contributed by atoms with Gasteiger partial charge in [-0.3, -0.25) is 9.89 Å². The zero-order valence-corrected chi connectivity index (χ0v) is 18.6. The number of aryl methyl sites for hydroxylation is 3. The van der Waals surface area contributed by atoms with E-state index in [-0.39, 0.29) is 23.1 Å². The normalized spacial score (nSPS) is 15.8. The Morgan fingerprint density at radius 3 is 2.48 bits per heavy atom. The van der Waals surface area contributed by atoms with Crippen LogP contribution in [0.3, 0.4) is 0 Å². The molecule has 0 saturated carbocycles. The Kier molecular flexibility index (Phi) is 5.67. The molecule has 0 unspecified atom stereocenters. The fourth-order valence-electron chi connectivity index (χ4n) is 3.78. The molecule has 9 nitrogen and oxygen atoms in total. The van der Waals surface area contributed by atoms with Gasteiger partial charge in [0.25, 0.3) is 5.91 Å². The van der Waals surface area contributed by atoms with E-state index in [4.69, 9.17) is 4.52 Å². The molecule has 3 aromatic rings. The van der Waals surface area contributed by atoms with Gasteiger partial charge in [0.1, 0.15) is 16.3 Å². The van der Waals surface area contributed by atoms with Gasteiger partial charge in [0.05, 0.1) is 5.69 Å². The second-order valence-corrected chi connectivity index (χ2v) is 9.61. The molecule has 1 fully saturated rings. The van der Waals surface area contributed by atoms with Gasteiger partial charge in [0.15, 0.2) is 5.76 Å². The quantitative estimate of drug-likeness (QED) is 0.663. The standard InChI is InChI=1S/C21H25N5O4S/c1-14-5-7-17(8-6-14)18-13-19(23-22-18)21(27)25-9-4-10-26(12-11-25)31(28,29)20-15(2)24-30-16(20)3/h5-8,13H,4,9-12H2,1-3H3,(H,22,23). The zero-order chi connectivity index (χ0) is 22.2. The molecule has 0 atom stereocenters. The number of carbonyl (C=O) groups excluding carboxylic acids is 1. The van der Waals surface area contributed by atoms with Gasteiger partial charge in [-0.05, 0) is 33.3 Å². The second kappa shape index (κ2) is 8.27. The minimum atomic E-state index is -3.73. The number of hydrogen-bond acceptors (Lipinski definition) is 6.